The van der Waals surface area contributed by atoms with Crippen LogP contribution in [0.25, 0.3) is 16.6 Å². The number of nitrogens with one attached hydrogen (secondary N) is 1. The minimum atomic E-state index is 0.277. The van der Waals surface area contributed by atoms with Crippen LogP contribution in [0.1, 0.15) is 69.4 Å². The van der Waals surface area contributed by atoms with E-state index in [0.29, 0.717) is 12.0 Å². The third-order valence-electron chi connectivity index (χ3n) is 7.20. The lowest BCUT2D eigenvalue weighted by atomic mass is 9.79. The molecule has 0 aromatic carbocycles. The molecule has 0 unspecified atom stereocenters. The first kappa shape index (κ1) is 19.0. The number of aliphatic hydroxyl groups excluding tert-OH is 1. The number of hydrogen-bond acceptors (Lipinski definition) is 5. The molecule has 0 aliphatic heterocycles. The Kier molecular flexibility index (Phi) is 5.50. The van der Waals surface area contributed by atoms with Crippen LogP contribution in [0.5, 0.6) is 0 Å². The van der Waals surface area contributed by atoms with Crippen LogP contribution in [0.2, 0.25) is 0 Å². The van der Waals surface area contributed by atoms with E-state index in [-0.39, 0.29) is 6.61 Å². The molecular weight excluding hydrogens is 364 g/mol. The van der Waals surface area contributed by atoms with Crippen molar-refractivity contribution in [2.45, 2.75) is 69.7 Å². The molecule has 2 aliphatic rings. The fourth-order valence-electron chi connectivity index (χ4n) is 5.64. The summed E-state index contributed by atoms with van der Waals surface area (Å²) in [5, 5.41) is 19.6. The van der Waals surface area contributed by atoms with Gasteiger partial charge >= 0.3 is 0 Å². The minimum absolute atomic E-state index is 0.277. The van der Waals surface area contributed by atoms with Crippen molar-refractivity contribution in [2.24, 2.45) is 5.92 Å². The zero-order valence-corrected chi connectivity index (χ0v) is 17.1. The predicted molar refractivity (Wildman–Crippen MR) is 113 cm³/mol. The van der Waals surface area contributed by atoms with Gasteiger partial charge in [0.1, 0.15) is 17.5 Å². The summed E-state index contributed by atoms with van der Waals surface area (Å²) in [6, 6.07) is 2.76. The first-order chi connectivity index (χ1) is 14.3. The zero-order chi connectivity index (χ0) is 19.6. The van der Waals surface area contributed by atoms with E-state index in [1.165, 1.54) is 57.8 Å². The minimum Gasteiger partial charge on any atom is -0.395 e. The summed E-state index contributed by atoms with van der Waals surface area (Å²) < 4.78 is 1.82. The van der Waals surface area contributed by atoms with E-state index < -0.39 is 0 Å². The van der Waals surface area contributed by atoms with Gasteiger partial charge in [-0.3, -0.25) is 4.90 Å². The van der Waals surface area contributed by atoms with Gasteiger partial charge in [0.2, 0.25) is 0 Å². The number of H-pyrrole nitrogens is 1. The monoisotopic (exact) mass is 396 g/mol. The van der Waals surface area contributed by atoms with Crippen LogP contribution in [0.15, 0.2) is 18.6 Å². The van der Waals surface area contributed by atoms with Crippen LogP contribution in [0.4, 0.5) is 0 Å². The average Bonchev–Trinajstić information content (AvgIpc) is 3.41. The van der Waals surface area contributed by atoms with E-state index in [1.54, 1.807) is 6.33 Å². The van der Waals surface area contributed by atoms with Gasteiger partial charge in [-0.05, 0) is 50.5 Å². The number of aromatic amines is 1. The summed E-state index contributed by atoms with van der Waals surface area (Å²) in [5.41, 5.74) is 3.15. The molecule has 3 aromatic rings. The number of aliphatic hydroxyl groups is 1. The molecule has 3 aromatic heterocycles. The van der Waals surface area contributed by atoms with Crippen LogP contribution in [-0.2, 0) is 0 Å². The Labute approximate surface area is 171 Å². The first-order valence-corrected chi connectivity index (χ1v) is 11.4. The molecule has 0 atom stereocenters. The number of hydrogen-bond donors (Lipinski definition) is 2. The standard InChI is InChI=1S/C22H32N6O/c29-13-12-27(18-4-2-1-3-5-18)14-16-6-8-17(9-7-16)20-21-19-10-11-23-22(19)24-15-28(21)26-25-20/h10-11,15-18,23,29H,1-9,12-14H2. The summed E-state index contributed by atoms with van der Waals surface area (Å²) in [4.78, 5) is 10.2. The van der Waals surface area contributed by atoms with Crippen molar-refractivity contribution < 1.29 is 5.11 Å². The maximum absolute atomic E-state index is 9.57. The largest absolute Gasteiger partial charge is 0.395 e. The molecule has 2 saturated carbocycles. The highest BCUT2D eigenvalue weighted by Gasteiger charge is 2.29. The van der Waals surface area contributed by atoms with Crippen molar-refractivity contribution in [1.29, 1.82) is 0 Å². The highest BCUT2D eigenvalue weighted by Crippen LogP contribution is 2.38. The summed E-state index contributed by atoms with van der Waals surface area (Å²) in [6.45, 7) is 2.25. The first-order valence-electron chi connectivity index (χ1n) is 11.4. The third-order valence-corrected chi connectivity index (χ3v) is 7.20. The number of aromatic nitrogens is 5. The molecule has 29 heavy (non-hydrogen) atoms. The third kappa shape index (κ3) is 3.78. The average molecular weight is 397 g/mol. The quantitative estimate of drug-likeness (QED) is 0.666. The molecule has 156 valence electrons. The summed E-state index contributed by atoms with van der Waals surface area (Å²) >= 11 is 0. The molecule has 2 fully saturated rings. The van der Waals surface area contributed by atoms with Crippen LogP contribution < -0.4 is 0 Å². The van der Waals surface area contributed by atoms with E-state index in [1.807, 2.05) is 10.7 Å². The molecule has 0 spiro atoms. The fraction of sp³-hybridized carbons (Fsp3) is 0.682. The second-order valence-corrected chi connectivity index (χ2v) is 8.98. The zero-order valence-electron chi connectivity index (χ0n) is 17.1. The van der Waals surface area contributed by atoms with Gasteiger partial charge in [-0.15, -0.1) is 5.10 Å². The molecule has 0 radical (unpaired) electrons. The lowest BCUT2D eigenvalue weighted by Gasteiger charge is -2.38. The maximum atomic E-state index is 9.57. The van der Waals surface area contributed by atoms with E-state index in [2.05, 4.69) is 31.2 Å². The molecule has 0 amide bonds. The molecule has 0 bridgehead atoms. The molecule has 3 heterocycles. The van der Waals surface area contributed by atoms with Gasteiger partial charge in [-0.25, -0.2) is 9.50 Å². The number of rotatable bonds is 6. The van der Waals surface area contributed by atoms with Crippen LogP contribution in [0, 0.1) is 5.92 Å². The van der Waals surface area contributed by atoms with Crippen molar-refractivity contribution in [3.63, 3.8) is 0 Å². The summed E-state index contributed by atoms with van der Waals surface area (Å²) in [6.07, 6.45) is 15.2. The topological polar surface area (TPSA) is 82.3 Å². The van der Waals surface area contributed by atoms with Crippen LogP contribution in [-0.4, -0.2) is 60.5 Å². The van der Waals surface area contributed by atoms with E-state index >= 15 is 0 Å². The Hall–Kier alpha value is -1.99. The van der Waals surface area contributed by atoms with Gasteiger partial charge in [-0.2, -0.15) is 0 Å². The molecule has 7 nitrogen and oxygen atoms in total. The lowest BCUT2D eigenvalue weighted by molar-refractivity contribution is 0.0954. The Morgan fingerprint density at radius 1 is 1.10 bits per heavy atom. The van der Waals surface area contributed by atoms with Gasteiger partial charge < -0.3 is 10.1 Å². The smallest absolute Gasteiger partial charge is 0.141 e. The molecular formula is C22H32N6O. The molecule has 7 heteroatoms. The predicted octanol–water partition coefficient (Wildman–Crippen LogP) is 3.51. The highest BCUT2D eigenvalue weighted by molar-refractivity contribution is 5.92. The summed E-state index contributed by atoms with van der Waals surface area (Å²) in [7, 11) is 0. The Balaban J connectivity index is 1.27. The van der Waals surface area contributed by atoms with Gasteiger partial charge in [0.25, 0.3) is 0 Å². The second kappa shape index (κ2) is 8.40. The SMILES string of the molecule is OCCN(CC1CCC(c2nnn3cnc4[nH]ccc4c23)CC1)C1CCCCC1. The molecule has 0 saturated heterocycles. The van der Waals surface area contributed by atoms with E-state index in [4.69, 9.17) is 0 Å². The summed E-state index contributed by atoms with van der Waals surface area (Å²) in [5.74, 6) is 1.21. The number of nitrogens with zero attached hydrogens (tertiary/aromatic N) is 5. The van der Waals surface area contributed by atoms with Crippen molar-refractivity contribution in [2.75, 3.05) is 19.7 Å². The molecule has 5 rings (SSSR count). The van der Waals surface area contributed by atoms with Crippen LogP contribution >= 0.6 is 0 Å². The Morgan fingerprint density at radius 3 is 2.72 bits per heavy atom. The van der Waals surface area contributed by atoms with Crippen molar-refractivity contribution in [3.8, 4) is 0 Å². The van der Waals surface area contributed by atoms with Crippen molar-refractivity contribution in [1.82, 2.24) is 29.7 Å². The van der Waals surface area contributed by atoms with Gasteiger partial charge in [0.15, 0.2) is 0 Å². The lowest BCUT2D eigenvalue weighted by Crippen LogP contribution is -2.42. The fourth-order valence-corrected chi connectivity index (χ4v) is 5.64. The van der Waals surface area contributed by atoms with E-state index in [9.17, 15) is 5.11 Å². The Morgan fingerprint density at radius 2 is 1.93 bits per heavy atom. The van der Waals surface area contributed by atoms with Crippen molar-refractivity contribution >= 4 is 16.6 Å². The van der Waals surface area contributed by atoms with Gasteiger partial charge in [0, 0.05) is 36.6 Å². The van der Waals surface area contributed by atoms with Crippen LogP contribution in [0.3, 0.4) is 0 Å². The maximum Gasteiger partial charge on any atom is 0.141 e. The van der Waals surface area contributed by atoms with Crippen molar-refractivity contribution in [3.05, 3.63) is 24.3 Å². The molecule has 2 aliphatic carbocycles. The van der Waals surface area contributed by atoms with Gasteiger partial charge in [0.05, 0.1) is 12.3 Å². The number of fused-ring (bicyclic) bond motifs is 3. The van der Waals surface area contributed by atoms with E-state index in [0.717, 1.165) is 41.3 Å². The van der Waals surface area contributed by atoms with Gasteiger partial charge in [-0.1, -0.05) is 24.5 Å². The Bertz CT molecular complexity index is 935. The molecule has 2 N–H and O–H groups in total. The highest BCUT2D eigenvalue weighted by atomic mass is 16.3. The second-order valence-electron chi connectivity index (χ2n) is 8.98. The normalized spacial score (nSPS) is 24.1.